The number of rotatable bonds is 0. The fourth-order valence-corrected chi connectivity index (χ4v) is 0. The summed E-state index contributed by atoms with van der Waals surface area (Å²) < 4.78 is 1.72. The molecule has 0 aliphatic rings. The molecule has 0 spiro atoms. The predicted octanol–water partition coefficient (Wildman–Crippen LogP) is 1.41. The first kappa shape index (κ1) is 9.21. The zero-order valence-electron chi connectivity index (χ0n) is 4.37. The molecule has 0 aromatic heterocycles. The summed E-state index contributed by atoms with van der Waals surface area (Å²) in [6, 6.07) is 0. The van der Waals surface area contributed by atoms with Gasteiger partial charge in [0.05, 0.1) is 0 Å². The average Bonchev–Trinajstić information content (AvgIpc) is 0.918. The van der Waals surface area contributed by atoms with Crippen molar-refractivity contribution in [1.29, 1.82) is 0 Å². The summed E-state index contributed by atoms with van der Waals surface area (Å²) in [5, 5.41) is 0. The molecule has 2 heteroatoms. The summed E-state index contributed by atoms with van der Waals surface area (Å²) in [5.41, 5.74) is 0. The topological polar surface area (TPSA) is 0 Å². The minimum atomic E-state index is 0. The van der Waals surface area contributed by atoms with Gasteiger partial charge in [-0.15, -0.1) is 0 Å². The molecule has 0 rings (SSSR count). The van der Waals surface area contributed by atoms with Gasteiger partial charge in [-0.3, -0.25) is 0 Å². The Labute approximate surface area is 72.8 Å². The monoisotopic (exact) mass is 196 g/mol. The fraction of sp³-hybridized carbons (Fsp3) is 0. The van der Waals surface area contributed by atoms with Gasteiger partial charge in [-0.25, -0.2) is 0 Å². The van der Waals surface area contributed by atoms with Gasteiger partial charge in [0.25, 0.3) is 0 Å². The first-order valence-electron chi connectivity index (χ1n) is 0.626. The van der Waals surface area contributed by atoms with E-state index in [0.29, 0.717) is 0 Å². The molecule has 0 heterocycles. The molecule has 0 nitrogen and oxygen atoms in total. The van der Waals surface area contributed by atoms with Crippen LogP contribution in [0.1, 0.15) is 2.85 Å². The summed E-state index contributed by atoms with van der Waals surface area (Å²) in [7, 11) is 0. The Hall–Kier alpha value is 1.73. The Morgan fingerprint density at radius 3 is 2.00 bits per heavy atom. The van der Waals surface area contributed by atoms with Gasteiger partial charge in [-0.2, -0.15) is 0 Å². The van der Waals surface area contributed by atoms with Crippen LogP contribution in [0.3, 0.4) is 0 Å². The maximum Gasteiger partial charge on any atom is 2.00 e. The Morgan fingerprint density at radius 2 is 2.00 bits per heavy atom. The summed E-state index contributed by atoms with van der Waals surface area (Å²) in [4.78, 5) is 0. The number of hydrogen-bond donors (Lipinski definition) is 0. The maximum atomic E-state index is 3.35. The molecular formula is C2H5CaI. The maximum absolute atomic E-state index is 3.35. The first-order chi connectivity index (χ1) is 1.41. The van der Waals surface area contributed by atoms with Crippen LogP contribution in [0, 0.1) is 0 Å². The molecule has 22 valence electrons. The van der Waals surface area contributed by atoms with Gasteiger partial charge in [0.1, 0.15) is 0 Å². The van der Waals surface area contributed by atoms with E-state index in [1.54, 1.807) is 4.08 Å². The normalized spacial score (nSPS) is 3.25. The SMILES string of the molecule is C=CI.[Ca+2].[H-].[H-]. The molecule has 0 saturated heterocycles. The second kappa shape index (κ2) is 8.83. The van der Waals surface area contributed by atoms with Gasteiger partial charge in [0.15, 0.2) is 0 Å². The predicted molar refractivity (Wildman–Crippen MR) is 32.2 cm³/mol. The largest absolute Gasteiger partial charge is 2.00 e. The Kier molecular flexibility index (Phi) is 20.3. The van der Waals surface area contributed by atoms with Crippen LogP contribution < -0.4 is 0 Å². The van der Waals surface area contributed by atoms with Crippen LogP contribution in [0.25, 0.3) is 0 Å². The number of hydrogen-bond acceptors (Lipinski definition) is 0. The van der Waals surface area contributed by atoms with Gasteiger partial charge in [-0.1, -0.05) is 29.2 Å². The minimum absolute atomic E-state index is 0. The molecule has 0 aliphatic heterocycles. The third-order valence-corrected chi connectivity index (χ3v) is 0. The number of halogens is 1. The van der Waals surface area contributed by atoms with E-state index in [1.807, 2.05) is 0 Å². The van der Waals surface area contributed by atoms with Crippen molar-refractivity contribution in [2.75, 3.05) is 0 Å². The van der Waals surface area contributed by atoms with Crippen LogP contribution in [0.2, 0.25) is 0 Å². The van der Waals surface area contributed by atoms with Gasteiger partial charge in [-0.05, 0) is 4.08 Å². The molecule has 0 bridgehead atoms. The third kappa shape index (κ3) is 9.29. The minimum Gasteiger partial charge on any atom is -1.00 e. The summed E-state index contributed by atoms with van der Waals surface area (Å²) in [5.74, 6) is 0. The van der Waals surface area contributed by atoms with Crippen LogP contribution in [-0.4, -0.2) is 37.7 Å². The van der Waals surface area contributed by atoms with Crippen molar-refractivity contribution >= 4 is 60.3 Å². The molecule has 0 unspecified atom stereocenters. The van der Waals surface area contributed by atoms with E-state index in [9.17, 15) is 0 Å². The Balaban J connectivity index is -0.00000000667. The zero-order valence-corrected chi connectivity index (χ0v) is 6.74. The van der Waals surface area contributed by atoms with Crippen LogP contribution in [0.15, 0.2) is 10.7 Å². The first-order valence-corrected chi connectivity index (χ1v) is 1.87. The second-order valence-corrected chi connectivity index (χ2v) is 1.04. The van der Waals surface area contributed by atoms with E-state index in [-0.39, 0.29) is 40.6 Å². The van der Waals surface area contributed by atoms with Crippen LogP contribution >= 0.6 is 22.6 Å². The van der Waals surface area contributed by atoms with Crippen LogP contribution in [0.4, 0.5) is 0 Å². The van der Waals surface area contributed by atoms with E-state index in [0.717, 1.165) is 0 Å². The van der Waals surface area contributed by atoms with Crippen molar-refractivity contribution in [1.82, 2.24) is 0 Å². The van der Waals surface area contributed by atoms with Crippen molar-refractivity contribution in [2.24, 2.45) is 0 Å². The molecule has 0 fully saturated rings. The average molecular weight is 196 g/mol. The van der Waals surface area contributed by atoms with Crippen LogP contribution in [-0.2, 0) is 0 Å². The molecule has 0 radical (unpaired) electrons. The van der Waals surface area contributed by atoms with Crippen molar-refractivity contribution in [3.8, 4) is 0 Å². The van der Waals surface area contributed by atoms with Gasteiger partial charge < -0.3 is 2.85 Å². The van der Waals surface area contributed by atoms with Crippen molar-refractivity contribution < 1.29 is 2.85 Å². The third-order valence-electron chi connectivity index (χ3n) is 0. The summed E-state index contributed by atoms with van der Waals surface area (Å²) >= 11 is 2.05. The van der Waals surface area contributed by atoms with E-state index in [4.69, 9.17) is 0 Å². The van der Waals surface area contributed by atoms with Gasteiger partial charge in [0, 0.05) is 0 Å². The molecule has 0 aromatic carbocycles. The van der Waals surface area contributed by atoms with Crippen molar-refractivity contribution in [3.05, 3.63) is 10.7 Å². The van der Waals surface area contributed by atoms with Gasteiger partial charge >= 0.3 is 37.7 Å². The molecule has 0 amide bonds. The molecule has 0 aromatic rings. The van der Waals surface area contributed by atoms with Crippen molar-refractivity contribution in [2.45, 2.75) is 0 Å². The molecule has 0 aliphatic carbocycles. The molecule has 0 N–H and O–H groups in total. The zero-order chi connectivity index (χ0) is 2.71. The van der Waals surface area contributed by atoms with E-state index < -0.39 is 0 Å². The summed E-state index contributed by atoms with van der Waals surface area (Å²) in [6.45, 7) is 3.35. The van der Waals surface area contributed by atoms with Crippen LogP contribution in [0.5, 0.6) is 0 Å². The molecule has 4 heavy (non-hydrogen) atoms. The summed E-state index contributed by atoms with van der Waals surface area (Å²) in [6.07, 6.45) is 0. The van der Waals surface area contributed by atoms with Crippen molar-refractivity contribution in [3.63, 3.8) is 0 Å². The Bertz CT molecular complexity index is 19.0. The van der Waals surface area contributed by atoms with E-state index in [2.05, 4.69) is 29.2 Å². The standard InChI is InChI=1S/C2H3I.Ca.2H/c1-2-3;;;/h2H,1H2;;;/q;+2;2*-1. The van der Waals surface area contributed by atoms with Gasteiger partial charge in [0.2, 0.25) is 0 Å². The fourth-order valence-electron chi connectivity index (χ4n) is 0. The molecule has 0 saturated carbocycles. The van der Waals surface area contributed by atoms with E-state index >= 15 is 0 Å². The molecule has 0 atom stereocenters. The van der Waals surface area contributed by atoms with E-state index in [1.165, 1.54) is 0 Å². The second-order valence-electron chi connectivity index (χ2n) is 0.154. The molecular weight excluding hydrogens is 191 g/mol. The smallest absolute Gasteiger partial charge is 1.00 e. The quantitative estimate of drug-likeness (QED) is 0.406. The Morgan fingerprint density at radius 1 is 2.00 bits per heavy atom.